The van der Waals surface area contributed by atoms with Crippen molar-refractivity contribution in [2.45, 2.75) is 6.04 Å². The molecule has 5 heteroatoms. The second-order valence-electron chi connectivity index (χ2n) is 4.71. The number of aromatic nitrogens is 1. The highest BCUT2D eigenvalue weighted by Crippen LogP contribution is 2.30. The van der Waals surface area contributed by atoms with Crippen molar-refractivity contribution in [3.63, 3.8) is 0 Å². The lowest BCUT2D eigenvalue weighted by atomic mass is 9.94. The van der Waals surface area contributed by atoms with Crippen LogP contribution in [0.5, 0.6) is 0 Å². The maximum Gasteiger partial charge on any atom is 0.129 e. The molecule has 3 nitrogen and oxygen atoms in total. The number of hydrogen-bond donors (Lipinski definition) is 2. The van der Waals surface area contributed by atoms with E-state index in [4.69, 9.17) is 5.84 Å². The van der Waals surface area contributed by atoms with E-state index in [0.717, 1.165) is 16.3 Å². The van der Waals surface area contributed by atoms with Crippen molar-refractivity contribution in [2.75, 3.05) is 0 Å². The zero-order valence-electron chi connectivity index (χ0n) is 11.1. The summed E-state index contributed by atoms with van der Waals surface area (Å²) in [5.74, 6) is 5.38. The van der Waals surface area contributed by atoms with Gasteiger partial charge in [0, 0.05) is 27.8 Å². The van der Waals surface area contributed by atoms with Gasteiger partial charge in [0.15, 0.2) is 0 Å². The molecule has 0 spiro atoms. The van der Waals surface area contributed by atoms with E-state index in [0.29, 0.717) is 10.0 Å². The van der Waals surface area contributed by atoms with E-state index in [-0.39, 0.29) is 5.82 Å². The molecular formula is C16H13BrFN3. The molecule has 0 fully saturated rings. The molecular weight excluding hydrogens is 333 g/mol. The Morgan fingerprint density at radius 1 is 1.14 bits per heavy atom. The first-order valence-electron chi connectivity index (χ1n) is 6.44. The van der Waals surface area contributed by atoms with Crippen molar-refractivity contribution in [3.8, 4) is 0 Å². The third kappa shape index (κ3) is 2.68. The molecule has 3 N–H and O–H groups in total. The summed E-state index contributed by atoms with van der Waals surface area (Å²) >= 11 is 3.26. The van der Waals surface area contributed by atoms with Crippen LogP contribution in [0.25, 0.3) is 10.8 Å². The third-order valence-corrected chi connectivity index (χ3v) is 3.96. The van der Waals surface area contributed by atoms with Crippen molar-refractivity contribution in [1.29, 1.82) is 0 Å². The van der Waals surface area contributed by atoms with Crippen LogP contribution >= 0.6 is 15.9 Å². The van der Waals surface area contributed by atoms with Crippen LogP contribution < -0.4 is 11.3 Å². The molecule has 0 aliphatic heterocycles. The Labute approximate surface area is 130 Å². The van der Waals surface area contributed by atoms with Gasteiger partial charge in [-0.15, -0.1) is 0 Å². The van der Waals surface area contributed by atoms with Crippen molar-refractivity contribution in [3.05, 3.63) is 76.3 Å². The molecule has 1 unspecified atom stereocenters. The summed E-state index contributed by atoms with van der Waals surface area (Å²) < 4.78 is 14.9. The standard InChI is InChI=1S/C16H13BrFN3/c17-11-4-5-14(15(18)8-11)16(21-19)13-3-1-2-10-9-20-7-6-12(10)13/h1-9,16,21H,19H2. The molecule has 0 saturated heterocycles. The summed E-state index contributed by atoms with van der Waals surface area (Å²) in [4.78, 5) is 4.11. The summed E-state index contributed by atoms with van der Waals surface area (Å²) in [6.07, 6.45) is 3.50. The van der Waals surface area contributed by atoms with Crippen molar-refractivity contribution in [1.82, 2.24) is 10.4 Å². The van der Waals surface area contributed by atoms with E-state index in [2.05, 4.69) is 26.3 Å². The number of rotatable bonds is 3. The lowest BCUT2D eigenvalue weighted by Gasteiger charge is -2.19. The van der Waals surface area contributed by atoms with Crippen LogP contribution in [0.15, 0.2) is 59.3 Å². The van der Waals surface area contributed by atoms with E-state index in [1.807, 2.05) is 24.3 Å². The first-order chi connectivity index (χ1) is 10.2. The van der Waals surface area contributed by atoms with Gasteiger partial charge in [0.1, 0.15) is 5.82 Å². The van der Waals surface area contributed by atoms with Gasteiger partial charge >= 0.3 is 0 Å². The fourth-order valence-corrected chi connectivity index (χ4v) is 2.82. The molecule has 1 aromatic heterocycles. The quantitative estimate of drug-likeness (QED) is 0.562. The summed E-state index contributed by atoms with van der Waals surface area (Å²) in [5.41, 5.74) is 4.13. The monoisotopic (exact) mass is 345 g/mol. The van der Waals surface area contributed by atoms with Crippen LogP contribution in [0.2, 0.25) is 0 Å². The number of hydrazine groups is 1. The highest BCUT2D eigenvalue weighted by Gasteiger charge is 2.18. The highest BCUT2D eigenvalue weighted by molar-refractivity contribution is 9.10. The van der Waals surface area contributed by atoms with Crippen LogP contribution in [-0.2, 0) is 0 Å². The highest BCUT2D eigenvalue weighted by atomic mass is 79.9. The van der Waals surface area contributed by atoms with E-state index in [1.165, 1.54) is 6.07 Å². The largest absolute Gasteiger partial charge is 0.271 e. The van der Waals surface area contributed by atoms with Gasteiger partial charge in [-0.25, -0.2) is 9.82 Å². The summed E-state index contributed by atoms with van der Waals surface area (Å²) in [5, 5.41) is 1.99. The molecule has 0 radical (unpaired) electrons. The van der Waals surface area contributed by atoms with Gasteiger partial charge in [0.05, 0.1) is 6.04 Å². The normalized spacial score (nSPS) is 12.5. The first-order valence-corrected chi connectivity index (χ1v) is 7.23. The Morgan fingerprint density at radius 2 is 2.00 bits per heavy atom. The Kier molecular flexibility index (Phi) is 3.96. The van der Waals surface area contributed by atoms with Gasteiger partial charge in [-0.3, -0.25) is 10.8 Å². The van der Waals surface area contributed by atoms with Crippen molar-refractivity contribution >= 4 is 26.7 Å². The predicted octanol–water partition coefficient (Wildman–Crippen LogP) is 3.69. The second kappa shape index (κ2) is 5.89. The zero-order valence-corrected chi connectivity index (χ0v) is 12.6. The predicted molar refractivity (Wildman–Crippen MR) is 85.0 cm³/mol. The first kappa shape index (κ1) is 14.1. The minimum atomic E-state index is -0.427. The second-order valence-corrected chi connectivity index (χ2v) is 5.63. The number of nitrogens with two attached hydrogens (primary N) is 1. The molecule has 0 aliphatic rings. The Bertz CT molecular complexity index is 786. The van der Waals surface area contributed by atoms with Crippen molar-refractivity contribution < 1.29 is 4.39 Å². The van der Waals surface area contributed by atoms with Crippen LogP contribution in [-0.4, -0.2) is 4.98 Å². The maximum absolute atomic E-state index is 14.2. The SMILES string of the molecule is NNC(c1ccc(Br)cc1F)c1cccc2cnccc12. The molecule has 3 rings (SSSR count). The maximum atomic E-state index is 14.2. The van der Waals surface area contributed by atoms with Gasteiger partial charge in [-0.2, -0.15) is 0 Å². The van der Waals surface area contributed by atoms with Crippen LogP contribution in [0.4, 0.5) is 4.39 Å². The number of halogens is 2. The van der Waals surface area contributed by atoms with Gasteiger partial charge < -0.3 is 0 Å². The average molecular weight is 346 g/mol. The number of nitrogens with zero attached hydrogens (tertiary/aromatic N) is 1. The molecule has 1 heterocycles. The molecule has 3 aromatic rings. The number of pyridine rings is 1. The summed E-state index contributed by atoms with van der Waals surface area (Å²) in [6.45, 7) is 0. The Morgan fingerprint density at radius 3 is 2.76 bits per heavy atom. The van der Waals surface area contributed by atoms with E-state index < -0.39 is 6.04 Å². The third-order valence-electron chi connectivity index (χ3n) is 3.47. The van der Waals surface area contributed by atoms with Crippen LogP contribution in [0.1, 0.15) is 17.2 Å². The average Bonchev–Trinajstić information content (AvgIpc) is 2.50. The molecule has 1 atom stereocenters. The molecule has 106 valence electrons. The molecule has 0 bridgehead atoms. The summed E-state index contributed by atoms with van der Waals surface area (Å²) in [7, 11) is 0. The zero-order chi connectivity index (χ0) is 14.8. The fraction of sp³-hybridized carbons (Fsp3) is 0.0625. The lowest BCUT2D eigenvalue weighted by Crippen LogP contribution is -2.29. The molecule has 2 aromatic carbocycles. The number of benzene rings is 2. The fourth-order valence-electron chi connectivity index (χ4n) is 2.48. The van der Waals surface area contributed by atoms with Gasteiger partial charge in [-0.1, -0.05) is 40.2 Å². The van der Waals surface area contributed by atoms with E-state index >= 15 is 0 Å². The Hall–Kier alpha value is -1.82. The molecule has 0 aliphatic carbocycles. The Balaban J connectivity index is 2.18. The molecule has 0 amide bonds. The van der Waals surface area contributed by atoms with E-state index in [1.54, 1.807) is 24.5 Å². The topological polar surface area (TPSA) is 50.9 Å². The minimum absolute atomic E-state index is 0.307. The molecule has 0 saturated carbocycles. The number of fused-ring (bicyclic) bond motifs is 1. The molecule has 21 heavy (non-hydrogen) atoms. The van der Waals surface area contributed by atoms with Gasteiger partial charge in [0.2, 0.25) is 0 Å². The lowest BCUT2D eigenvalue weighted by molar-refractivity contribution is 0.561. The van der Waals surface area contributed by atoms with Gasteiger partial charge in [0.25, 0.3) is 0 Å². The number of hydrogen-bond acceptors (Lipinski definition) is 3. The number of nitrogens with one attached hydrogen (secondary N) is 1. The smallest absolute Gasteiger partial charge is 0.129 e. The van der Waals surface area contributed by atoms with Crippen molar-refractivity contribution in [2.24, 2.45) is 5.84 Å². The minimum Gasteiger partial charge on any atom is -0.271 e. The van der Waals surface area contributed by atoms with E-state index in [9.17, 15) is 4.39 Å². The van der Waals surface area contributed by atoms with Crippen LogP contribution in [0.3, 0.4) is 0 Å². The van der Waals surface area contributed by atoms with Gasteiger partial charge in [-0.05, 0) is 29.1 Å². The van der Waals surface area contributed by atoms with Crippen LogP contribution in [0, 0.1) is 5.82 Å². The summed E-state index contributed by atoms with van der Waals surface area (Å²) in [6, 6.07) is 12.3.